The Bertz CT molecular complexity index is 709. The minimum atomic E-state index is -3.31. The summed E-state index contributed by atoms with van der Waals surface area (Å²) in [6.07, 6.45) is 3.96. The molecule has 29 heavy (non-hydrogen) atoms. The molecule has 0 amide bonds. The van der Waals surface area contributed by atoms with Gasteiger partial charge in [-0.3, -0.25) is 4.99 Å². The highest BCUT2D eigenvalue weighted by Gasteiger charge is 2.27. The van der Waals surface area contributed by atoms with Crippen LogP contribution in [0.1, 0.15) is 26.7 Å². The van der Waals surface area contributed by atoms with E-state index in [1.807, 2.05) is 32.2 Å². The smallest absolute Gasteiger partial charge is 0.216 e. The predicted molar refractivity (Wildman–Crippen MR) is 131 cm³/mol. The van der Waals surface area contributed by atoms with Crippen molar-refractivity contribution < 1.29 is 8.42 Å². The van der Waals surface area contributed by atoms with Crippen LogP contribution in [0.15, 0.2) is 29.4 Å². The molecule has 1 aromatic rings. The number of hydrogen-bond acceptors (Lipinski definition) is 5. The van der Waals surface area contributed by atoms with Crippen molar-refractivity contribution in [2.24, 2.45) is 4.99 Å². The van der Waals surface area contributed by atoms with Gasteiger partial charge in [0.2, 0.25) is 10.0 Å². The Morgan fingerprint density at radius 1 is 1.24 bits per heavy atom. The number of pyridine rings is 1. The number of sulfonamides is 1. The normalized spacial score (nSPS) is 15.7. The van der Waals surface area contributed by atoms with Crippen LogP contribution >= 0.6 is 24.0 Å². The van der Waals surface area contributed by atoms with Crippen LogP contribution < -0.4 is 10.2 Å². The van der Waals surface area contributed by atoms with E-state index in [0.29, 0.717) is 26.2 Å². The molecule has 0 unspecified atom stereocenters. The molecule has 0 bridgehead atoms. The number of rotatable bonds is 9. The van der Waals surface area contributed by atoms with Gasteiger partial charge in [-0.25, -0.2) is 13.4 Å². The third kappa shape index (κ3) is 8.25. The van der Waals surface area contributed by atoms with Gasteiger partial charge in [-0.2, -0.15) is 4.31 Å². The molecule has 1 aromatic heterocycles. The number of aliphatic imine (C=N–C) groups is 1. The number of halogens is 1. The Balaban J connectivity index is 0.00000420. The van der Waals surface area contributed by atoms with Gasteiger partial charge in [-0.15, -0.1) is 24.0 Å². The number of unbranched alkanes of at least 4 members (excludes halogenated alkanes) is 1. The fourth-order valence-electron chi connectivity index (χ4n) is 3.10. The first-order valence-electron chi connectivity index (χ1n) is 10.1. The molecular weight excluding hydrogens is 503 g/mol. The van der Waals surface area contributed by atoms with E-state index in [-0.39, 0.29) is 36.3 Å². The van der Waals surface area contributed by atoms with Gasteiger partial charge in [0.25, 0.3) is 0 Å². The number of nitrogens with one attached hydrogen (secondary N) is 1. The van der Waals surface area contributed by atoms with Crippen LogP contribution in [0.25, 0.3) is 0 Å². The van der Waals surface area contributed by atoms with Crippen LogP contribution in [0.4, 0.5) is 5.82 Å². The van der Waals surface area contributed by atoms with Crippen LogP contribution in [0.2, 0.25) is 0 Å². The van der Waals surface area contributed by atoms with Crippen molar-refractivity contribution >= 4 is 45.8 Å². The Morgan fingerprint density at radius 2 is 1.97 bits per heavy atom. The minimum absolute atomic E-state index is 0. The lowest BCUT2D eigenvalue weighted by Crippen LogP contribution is -2.49. The maximum absolute atomic E-state index is 12.7. The van der Waals surface area contributed by atoms with E-state index >= 15 is 0 Å². The summed E-state index contributed by atoms with van der Waals surface area (Å²) in [6, 6.07) is 5.78. The first kappa shape index (κ1) is 25.9. The van der Waals surface area contributed by atoms with E-state index in [9.17, 15) is 8.42 Å². The summed E-state index contributed by atoms with van der Waals surface area (Å²) < 4.78 is 27.0. The average molecular weight is 539 g/mol. The highest BCUT2D eigenvalue weighted by Crippen LogP contribution is 2.14. The summed E-state index contributed by atoms with van der Waals surface area (Å²) in [5.74, 6) is 1.70. The monoisotopic (exact) mass is 538 g/mol. The Hall–Kier alpha value is -1.14. The average Bonchev–Trinajstić information content (AvgIpc) is 2.72. The number of aromatic nitrogens is 1. The SMILES string of the molecule is CCCCN(C)C(=NCCS(=O)(=O)N1CCN(c2ccccn2)CC1)NCC.I. The van der Waals surface area contributed by atoms with Crippen LogP contribution in [0, 0.1) is 0 Å². The zero-order valence-corrected chi connectivity index (χ0v) is 20.9. The summed E-state index contributed by atoms with van der Waals surface area (Å²) in [5.41, 5.74) is 0. The summed E-state index contributed by atoms with van der Waals surface area (Å²) >= 11 is 0. The van der Waals surface area contributed by atoms with Gasteiger partial charge in [-0.1, -0.05) is 19.4 Å². The molecule has 1 N–H and O–H groups in total. The van der Waals surface area contributed by atoms with Gasteiger partial charge < -0.3 is 15.1 Å². The van der Waals surface area contributed by atoms with Crippen molar-refractivity contribution in [1.29, 1.82) is 0 Å². The molecule has 0 aromatic carbocycles. The zero-order chi connectivity index (χ0) is 20.4. The largest absolute Gasteiger partial charge is 0.357 e. The molecule has 0 saturated carbocycles. The molecule has 10 heteroatoms. The lowest BCUT2D eigenvalue weighted by atomic mass is 10.3. The summed E-state index contributed by atoms with van der Waals surface area (Å²) in [4.78, 5) is 13.0. The van der Waals surface area contributed by atoms with Crippen LogP contribution in [-0.2, 0) is 10.0 Å². The molecule has 0 spiro atoms. The maximum Gasteiger partial charge on any atom is 0.216 e. The van der Waals surface area contributed by atoms with Crippen LogP contribution in [0.5, 0.6) is 0 Å². The quantitative estimate of drug-likeness (QED) is 0.294. The van der Waals surface area contributed by atoms with Gasteiger partial charge in [0.15, 0.2) is 5.96 Å². The first-order valence-corrected chi connectivity index (χ1v) is 11.7. The second kappa shape index (κ2) is 13.2. The molecule has 1 saturated heterocycles. The third-order valence-corrected chi connectivity index (χ3v) is 6.61. The first-order chi connectivity index (χ1) is 13.5. The number of nitrogens with zero attached hydrogens (tertiary/aromatic N) is 5. The molecule has 2 rings (SSSR count). The third-order valence-electron chi connectivity index (χ3n) is 4.76. The van der Waals surface area contributed by atoms with E-state index in [2.05, 4.69) is 32.0 Å². The van der Waals surface area contributed by atoms with Gasteiger partial charge in [0.1, 0.15) is 5.82 Å². The number of anilines is 1. The number of hydrogen-bond donors (Lipinski definition) is 1. The molecule has 1 aliphatic rings. The van der Waals surface area contributed by atoms with Crippen LogP contribution in [-0.4, -0.2) is 87.2 Å². The van der Waals surface area contributed by atoms with Gasteiger partial charge in [0.05, 0.1) is 12.3 Å². The van der Waals surface area contributed by atoms with Gasteiger partial charge >= 0.3 is 0 Å². The molecule has 0 atom stereocenters. The molecule has 166 valence electrons. The Labute approximate surface area is 192 Å². The maximum atomic E-state index is 12.7. The van der Waals surface area contributed by atoms with Crippen LogP contribution in [0.3, 0.4) is 0 Å². The van der Waals surface area contributed by atoms with Crippen molar-refractivity contribution in [3.05, 3.63) is 24.4 Å². The predicted octanol–water partition coefficient (Wildman–Crippen LogP) is 1.85. The lowest BCUT2D eigenvalue weighted by molar-refractivity contribution is 0.384. The van der Waals surface area contributed by atoms with E-state index in [4.69, 9.17) is 0 Å². The molecule has 1 aliphatic heterocycles. The fraction of sp³-hybridized carbons (Fsp3) is 0.684. The standard InChI is InChI=1S/C19H34N6O2S.HI/c1-4-6-12-23(3)19(20-5-2)22-11-17-28(26,27)25-15-13-24(14-16-25)18-9-7-8-10-21-18;/h7-10H,4-6,11-17H2,1-3H3,(H,20,22);1H. The highest BCUT2D eigenvalue weighted by molar-refractivity contribution is 14.0. The Morgan fingerprint density at radius 3 is 2.55 bits per heavy atom. The second-order valence-electron chi connectivity index (χ2n) is 6.90. The summed E-state index contributed by atoms with van der Waals surface area (Å²) in [6.45, 7) is 8.38. The van der Waals surface area contributed by atoms with Crippen molar-refractivity contribution in [3.8, 4) is 0 Å². The van der Waals surface area contributed by atoms with E-state index < -0.39 is 10.0 Å². The van der Waals surface area contributed by atoms with Crippen molar-refractivity contribution in [2.45, 2.75) is 26.7 Å². The minimum Gasteiger partial charge on any atom is -0.357 e. The van der Waals surface area contributed by atoms with Crippen molar-refractivity contribution in [2.75, 3.05) is 63.5 Å². The molecule has 0 aliphatic carbocycles. The van der Waals surface area contributed by atoms with E-state index in [1.165, 1.54) is 0 Å². The topological polar surface area (TPSA) is 81.1 Å². The van der Waals surface area contributed by atoms with E-state index in [1.54, 1.807) is 10.5 Å². The summed E-state index contributed by atoms with van der Waals surface area (Å²) in [7, 11) is -1.32. The van der Waals surface area contributed by atoms with Crippen molar-refractivity contribution in [1.82, 2.24) is 19.5 Å². The fourth-order valence-corrected chi connectivity index (χ4v) is 4.40. The van der Waals surface area contributed by atoms with Gasteiger partial charge in [0, 0.05) is 52.5 Å². The zero-order valence-electron chi connectivity index (χ0n) is 17.7. The molecule has 8 nitrogen and oxygen atoms in total. The van der Waals surface area contributed by atoms with Crippen molar-refractivity contribution in [3.63, 3.8) is 0 Å². The van der Waals surface area contributed by atoms with Gasteiger partial charge in [-0.05, 0) is 25.5 Å². The molecule has 2 heterocycles. The highest BCUT2D eigenvalue weighted by atomic mass is 127. The molecule has 0 radical (unpaired) electrons. The summed E-state index contributed by atoms with van der Waals surface area (Å²) in [5, 5.41) is 3.23. The molecule has 1 fully saturated rings. The number of piperazine rings is 1. The van der Waals surface area contributed by atoms with E-state index in [0.717, 1.165) is 37.7 Å². The Kier molecular flexibility index (Phi) is 11.8. The number of guanidine groups is 1. The second-order valence-corrected chi connectivity index (χ2v) is 8.99. The lowest BCUT2D eigenvalue weighted by Gasteiger charge is -2.34. The molecular formula is C19H35IN6O2S.